The van der Waals surface area contributed by atoms with Crippen molar-refractivity contribution in [1.82, 2.24) is 10.2 Å². The van der Waals surface area contributed by atoms with Gasteiger partial charge in [0.1, 0.15) is 10.8 Å². The fourth-order valence-corrected chi connectivity index (χ4v) is 3.43. The highest BCUT2D eigenvalue weighted by Gasteiger charge is 2.27. The van der Waals surface area contributed by atoms with Gasteiger partial charge in [-0.25, -0.2) is 0 Å². The molecule has 1 aromatic heterocycles. The maximum Gasteiger partial charge on any atom is 0.264 e. The number of anilines is 1. The van der Waals surface area contributed by atoms with E-state index in [1.54, 1.807) is 0 Å². The van der Waals surface area contributed by atoms with E-state index in [1.165, 1.54) is 29.7 Å². The van der Waals surface area contributed by atoms with E-state index in [9.17, 15) is 4.79 Å². The lowest BCUT2D eigenvalue weighted by molar-refractivity contribution is -0.118. The topological polar surface area (TPSA) is 64.1 Å². The van der Waals surface area contributed by atoms with Crippen LogP contribution in [0.25, 0.3) is 0 Å². The summed E-state index contributed by atoms with van der Waals surface area (Å²) in [4.78, 5) is 11.9. The predicted octanol–water partition coefficient (Wildman–Crippen LogP) is 3.76. The number of rotatable bonds is 6. The quantitative estimate of drug-likeness (QED) is 0.827. The number of halogens is 1. The molecule has 2 aromatic rings. The fraction of sp³-hybridized carbons (Fsp3) is 0.400. The summed E-state index contributed by atoms with van der Waals surface area (Å²) in [6.07, 6.45) is 3.31. The van der Waals surface area contributed by atoms with Crippen molar-refractivity contribution in [2.24, 2.45) is 0 Å². The molecule has 5 nitrogen and oxygen atoms in total. The molecule has 1 fully saturated rings. The van der Waals surface area contributed by atoms with Crippen molar-refractivity contribution in [1.29, 1.82) is 0 Å². The molecule has 7 heteroatoms. The van der Waals surface area contributed by atoms with Crippen LogP contribution in [-0.2, 0) is 11.2 Å². The smallest absolute Gasteiger partial charge is 0.264 e. The van der Waals surface area contributed by atoms with E-state index >= 15 is 0 Å². The van der Waals surface area contributed by atoms with Crippen LogP contribution in [-0.4, -0.2) is 22.7 Å². The van der Waals surface area contributed by atoms with Crippen molar-refractivity contribution in [3.63, 3.8) is 0 Å². The van der Waals surface area contributed by atoms with E-state index in [2.05, 4.69) is 38.4 Å². The Morgan fingerprint density at radius 1 is 1.45 bits per heavy atom. The number of hydrogen-bond donors (Lipinski definition) is 1. The van der Waals surface area contributed by atoms with Crippen LogP contribution in [0.1, 0.15) is 36.3 Å². The maximum absolute atomic E-state index is 11.9. The molecule has 0 spiro atoms. The SMILES string of the molecule is CCc1ccc(OCC(=O)Nc2nnc(C3CC3)s2)c(Br)c1. The second-order valence-electron chi connectivity index (χ2n) is 5.17. The molecule has 1 aromatic carbocycles. The molecule has 0 radical (unpaired) electrons. The zero-order valence-corrected chi connectivity index (χ0v) is 14.5. The van der Waals surface area contributed by atoms with Crippen molar-refractivity contribution >= 4 is 38.3 Å². The van der Waals surface area contributed by atoms with Crippen LogP contribution in [0.4, 0.5) is 5.13 Å². The van der Waals surface area contributed by atoms with Gasteiger partial charge in [0.25, 0.3) is 5.91 Å². The highest BCUT2D eigenvalue weighted by molar-refractivity contribution is 9.10. The molecule has 22 heavy (non-hydrogen) atoms. The summed E-state index contributed by atoms with van der Waals surface area (Å²) in [6, 6.07) is 5.86. The second kappa shape index (κ2) is 6.75. The average molecular weight is 382 g/mol. The number of nitrogens with zero attached hydrogens (tertiary/aromatic N) is 2. The molecule has 0 atom stereocenters. The Bertz CT molecular complexity index is 685. The zero-order chi connectivity index (χ0) is 15.5. The van der Waals surface area contributed by atoms with Gasteiger partial charge in [-0.2, -0.15) is 0 Å². The van der Waals surface area contributed by atoms with Gasteiger partial charge in [-0.1, -0.05) is 24.3 Å². The molecule has 1 aliphatic carbocycles. The van der Waals surface area contributed by atoms with Gasteiger partial charge in [-0.15, -0.1) is 10.2 Å². The number of carbonyl (C=O) groups is 1. The highest BCUT2D eigenvalue weighted by Crippen LogP contribution is 2.42. The minimum absolute atomic E-state index is 0.0532. The third-order valence-electron chi connectivity index (χ3n) is 3.38. The molecular formula is C15H16BrN3O2S. The molecule has 1 amide bonds. The lowest BCUT2D eigenvalue weighted by Gasteiger charge is -2.08. The molecule has 3 rings (SSSR count). The van der Waals surface area contributed by atoms with Gasteiger partial charge in [-0.3, -0.25) is 10.1 Å². The molecule has 1 heterocycles. The third-order valence-corrected chi connectivity index (χ3v) is 5.00. The predicted molar refractivity (Wildman–Crippen MR) is 89.5 cm³/mol. The molecule has 1 saturated carbocycles. The first-order chi connectivity index (χ1) is 10.7. The lowest BCUT2D eigenvalue weighted by Crippen LogP contribution is -2.20. The lowest BCUT2D eigenvalue weighted by atomic mass is 10.2. The molecule has 1 N–H and O–H groups in total. The maximum atomic E-state index is 11.9. The molecule has 0 bridgehead atoms. The van der Waals surface area contributed by atoms with Crippen LogP contribution in [0.3, 0.4) is 0 Å². The largest absolute Gasteiger partial charge is 0.483 e. The molecule has 116 valence electrons. The normalized spacial score (nSPS) is 13.9. The zero-order valence-electron chi connectivity index (χ0n) is 12.1. The van der Waals surface area contributed by atoms with Crippen molar-refractivity contribution in [2.75, 3.05) is 11.9 Å². The third kappa shape index (κ3) is 3.84. The number of aryl methyl sites for hydroxylation is 1. The Kier molecular flexibility index (Phi) is 4.73. The van der Waals surface area contributed by atoms with Gasteiger partial charge in [0, 0.05) is 5.92 Å². The van der Waals surface area contributed by atoms with Gasteiger partial charge >= 0.3 is 0 Å². The first kappa shape index (κ1) is 15.4. The molecule has 0 unspecified atom stereocenters. The minimum atomic E-state index is -0.232. The summed E-state index contributed by atoms with van der Waals surface area (Å²) in [5.74, 6) is 0.973. The van der Waals surface area contributed by atoms with E-state index in [1.807, 2.05) is 18.2 Å². The van der Waals surface area contributed by atoms with E-state index in [4.69, 9.17) is 4.74 Å². The molecule has 0 aliphatic heterocycles. The van der Waals surface area contributed by atoms with Gasteiger partial charge in [0.05, 0.1) is 4.47 Å². The second-order valence-corrected chi connectivity index (χ2v) is 7.04. The number of aromatic nitrogens is 2. The standard InChI is InChI=1S/C15H16BrN3O2S/c1-2-9-3-6-12(11(16)7-9)21-8-13(20)17-15-19-18-14(22-15)10-4-5-10/h3,6-7,10H,2,4-5,8H2,1H3,(H,17,19,20). The molecular weight excluding hydrogens is 366 g/mol. The van der Waals surface area contributed by atoms with Crippen molar-refractivity contribution in [3.8, 4) is 5.75 Å². The Balaban J connectivity index is 1.53. The summed E-state index contributed by atoms with van der Waals surface area (Å²) in [7, 11) is 0. The van der Waals surface area contributed by atoms with E-state index in [0.29, 0.717) is 16.8 Å². The minimum Gasteiger partial charge on any atom is -0.483 e. The van der Waals surface area contributed by atoms with Crippen molar-refractivity contribution in [2.45, 2.75) is 32.1 Å². The Hall–Kier alpha value is -1.47. The summed E-state index contributed by atoms with van der Waals surface area (Å²) >= 11 is 4.90. The Morgan fingerprint density at radius 2 is 2.27 bits per heavy atom. The first-order valence-corrected chi connectivity index (χ1v) is 8.81. The number of nitrogens with one attached hydrogen (secondary N) is 1. The number of amides is 1. The monoisotopic (exact) mass is 381 g/mol. The fourth-order valence-electron chi connectivity index (χ4n) is 1.96. The first-order valence-electron chi connectivity index (χ1n) is 7.20. The van der Waals surface area contributed by atoms with Crippen LogP contribution in [0.2, 0.25) is 0 Å². The number of carbonyl (C=O) groups excluding carboxylic acids is 1. The van der Waals surface area contributed by atoms with Crippen LogP contribution in [0.5, 0.6) is 5.75 Å². The number of benzene rings is 1. The summed E-state index contributed by atoms with van der Waals surface area (Å²) in [5.41, 5.74) is 1.21. The van der Waals surface area contributed by atoms with Gasteiger partial charge in [0.15, 0.2) is 6.61 Å². The van der Waals surface area contributed by atoms with Crippen LogP contribution in [0.15, 0.2) is 22.7 Å². The molecule has 0 saturated heterocycles. The van der Waals surface area contributed by atoms with Gasteiger partial charge in [-0.05, 0) is 52.9 Å². The van der Waals surface area contributed by atoms with Crippen molar-refractivity contribution in [3.05, 3.63) is 33.2 Å². The van der Waals surface area contributed by atoms with Gasteiger partial charge in [0.2, 0.25) is 5.13 Å². The van der Waals surface area contributed by atoms with E-state index in [0.717, 1.165) is 15.9 Å². The number of ether oxygens (including phenoxy) is 1. The summed E-state index contributed by atoms with van der Waals surface area (Å²) in [5, 5.41) is 12.3. The number of hydrogen-bond acceptors (Lipinski definition) is 5. The Morgan fingerprint density at radius 3 is 2.95 bits per heavy atom. The summed E-state index contributed by atoms with van der Waals surface area (Å²) < 4.78 is 6.39. The molecule has 1 aliphatic rings. The summed E-state index contributed by atoms with van der Waals surface area (Å²) in [6.45, 7) is 2.04. The average Bonchev–Trinajstić information content (AvgIpc) is 3.26. The van der Waals surface area contributed by atoms with Crippen LogP contribution < -0.4 is 10.1 Å². The van der Waals surface area contributed by atoms with E-state index in [-0.39, 0.29) is 12.5 Å². The Labute approximate surface area is 141 Å². The van der Waals surface area contributed by atoms with Gasteiger partial charge < -0.3 is 4.74 Å². The highest BCUT2D eigenvalue weighted by atomic mass is 79.9. The van der Waals surface area contributed by atoms with E-state index < -0.39 is 0 Å². The van der Waals surface area contributed by atoms with Crippen LogP contribution in [0, 0.1) is 0 Å². The van der Waals surface area contributed by atoms with Crippen LogP contribution >= 0.6 is 27.3 Å². The van der Waals surface area contributed by atoms with Crippen molar-refractivity contribution < 1.29 is 9.53 Å².